The lowest BCUT2D eigenvalue weighted by molar-refractivity contribution is -0.101. The van der Waals surface area contributed by atoms with Crippen molar-refractivity contribution in [2.75, 3.05) is 26.7 Å². The Kier molecular flexibility index (Phi) is 5.96. The van der Waals surface area contributed by atoms with Gasteiger partial charge in [0.05, 0.1) is 25.9 Å². The number of hydrogen-bond donors (Lipinski definition) is 2. The van der Waals surface area contributed by atoms with Gasteiger partial charge in [-0.15, -0.1) is 0 Å². The predicted molar refractivity (Wildman–Crippen MR) is 105 cm³/mol. The molecule has 0 amide bonds. The third kappa shape index (κ3) is 4.78. The molecule has 0 saturated carbocycles. The molecular weight excluding hydrogens is 407 g/mol. The molecule has 2 heterocycles. The number of benzene rings is 1. The van der Waals surface area contributed by atoms with Crippen LogP contribution in [-0.4, -0.2) is 53.1 Å². The SMILES string of the molecule is COc1ccc(F)cc1-c1cc(=O)[nH]c(=S)n1CCCN=C(N)N1CC(F)(F)C1. The number of methoxy groups -OCH3 is 1. The lowest BCUT2D eigenvalue weighted by Crippen LogP contribution is -2.60. The topological polar surface area (TPSA) is 88.6 Å². The summed E-state index contributed by atoms with van der Waals surface area (Å²) in [5.74, 6) is -2.75. The van der Waals surface area contributed by atoms with Crippen molar-refractivity contribution in [3.8, 4) is 17.0 Å². The highest BCUT2D eigenvalue weighted by molar-refractivity contribution is 7.71. The van der Waals surface area contributed by atoms with Crippen LogP contribution in [0.5, 0.6) is 5.75 Å². The first kappa shape index (κ1) is 20.9. The summed E-state index contributed by atoms with van der Waals surface area (Å²) in [7, 11) is 1.44. The number of ether oxygens (including phenoxy) is 1. The number of guanidine groups is 1. The van der Waals surface area contributed by atoms with Crippen LogP contribution in [0.25, 0.3) is 11.3 Å². The average molecular weight is 427 g/mol. The van der Waals surface area contributed by atoms with Crippen LogP contribution in [0, 0.1) is 10.6 Å². The molecule has 1 aliphatic heterocycles. The summed E-state index contributed by atoms with van der Waals surface area (Å²) in [6.07, 6.45) is 0.468. The monoisotopic (exact) mass is 427 g/mol. The number of rotatable bonds is 6. The van der Waals surface area contributed by atoms with Gasteiger partial charge < -0.3 is 19.9 Å². The van der Waals surface area contributed by atoms with Gasteiger partial charge in [0.25, 0.3) is 11.5 Å². The second kappa shape index (κ2) is 8.27. The zero-order valence-corrected chi connectivity index (χ0v) is 16.4. The molecule has 1 saturated heterocycles. The van der Waals surface area contributed by atoms with Crippen molar-refractivity contribution in [1.82, 2.24) is 14.5 Å². The maximum Gasteiger partial charge on any atom is 0.282 e. The van der Waals surface area contributed by atoms with E-state index in [2.05, 4.69) is 9.98 Å². The number of nitrogens with two attached hydrogens (primary N) is 1. The number of likely N-dealkylation sites (tertiary alicyclic amines) is 1. The summed E-state index contributed by atoms with van der Waals surface area (Å²) in [6.45, 7) is -0.250. The molecule has 0 spiro atoms. The normalized spacial score (nSPS) is 15.9. The van der Waals surface area contributed by atoms with Crippen molar-refractivity contribution in [2.24, 2.45) is 10.7 Å². The minimum Gasteiger partial charge on any atom is -0.496 e. The Morgan fingerprint density at radius 3 is 2.76 bits per heavy atom. The standard InChI is InChI=1S/C18H20F3N5O2S/c1-28-14-4-3-11(19)7-12(14)13-8-15(27)24-17(29)26(13)6-2-5-23-16(22)25-9-18(20,21)10-25/h3-4,7-8H,2,5-6,9-10H2,1H3,(H2,22,23)(H,24,27,29). The van der Waals surface area contributed by atoms with Crippen LogP contribution in [0.4, 0.5) is 13.2 Å². The highest BCUT2D eigenvalue weighted by Gasteiger charge is 2.44. The minimum atomic E-state index is -2.72. The first-order chi connectivity index (χ1) is 13.7. The van der Waals surface area contributed by atoms with Gasteiger partial charge in [0.1, 0.15) is 11.6 Å². The van der Waals surface area contributed by atoms with E-state index in [0.29, 0.717) is 30.0 Å². The van der Waals surface area contributed by atoms with Crippen molar-refractivity contribution in [3.63, 3.8) is 0 Å². The van der Waals surface area contributed by atoms with E-state index in [0.717, 1.165) is 0 Å². The molecule has 1 fully saturated rings. The number of aromatic amines is 1. The van der Waals surface area contributed by atoms with Crippen molar-refractivity contribution >= 4 is 18.2 Å². The molecule has 0 aliphatic carbocycles. The molecule has 1 aliphatic rings. The van der Waals surface area contributed by atoms with Crippen molar-refractivity contribution in [1.29, 1.82) is 0 Å². The Hall–Kier alpha value is -2.82. The van der Waals surface area contributed by atoms with Gasteiger partial charge in [0.2, 0.25) is 0 Å². The zero-order chi connectivity index (χ0) is 21.2. The number of H-pyrrole nitrogens is 1. The lowest BCUT2D eigenvalue weighted by atomic mass is 10.1. The van der Waals surface area contributed by atoms with Crippen LogP contribution in [0.1, 0.15) is 6.42 Å². The second-order valence-electron chi connectivity index (χ2n) is 6.63. The van der Waals surface area contributed by atoms with Crippen LogP contribution < -0.4 is 16.0 Å². The van der Waals surface area contributed by atoms with Gasteiger partial charge in [0, 0.05) is 24.7 Å². The molecule has 1 aromatic carbocycles. The summed E-state index contributed by atoms with van der Waals surface area (Å²) in [6, 6.07) is 5.30. The maximum absolute atomic E-state index is 13.8. The maximum atomic E-state index is 13.8. The summed E-state index contributed by atoms with van der Waals surface area (Å²) < 4.78 is 46.7. The predicted octanol–water partition coefficient (Wildman–Crippen LogP) is 2.38. The number of alkyl halides is 2. The van der Waals surface area contributed by atoms with E-state index < -0.39 is 30.4 Å². The molecule has 29 heavy (non-hydrogen) atoms. The van der Waals surface area contributed by atoms with Crippen LogP contribution in [0.15, 0.2) is 34.1 Å². The van der Waals surface area contributed by atoms with E-state index in [1.807, 2.05) is 0 Å². The highest BCUT2D eigenvalue weighted by atomic mass is 32.1. The second-order valence-corrected chi connectivity index (χ2v) is 7.01. The Balaban J connectivity index is 1.79. The number of nitrogens with zero attached hydrogens (tertiary/aromatic N) is 3. The van der Waals surface area contributed by atoms with Crippen molar-refractivity contribution in [2.45, 2.75) is 18.9 Å². The average Bonchev–Trinajstić information content (AvgIpc) is 2.63. The number of hydrogen-bond acceptors (Lipinski definition) is 4. The molecule has 0 unspecified atom stereocenters. The quantitative estimate of drug-likeness (QED) is 0.320. The Bertz CT molecular complexity index is 1040. The lowest BCUT2D eigenvalue weighted by Gasteiger charge is -2.39. The van der Waals surface area contributed by atoms with Gasteiger partial charge >= 0.3 is 0 Å². The first-order valence-corrected chi connectivity index (χ1v) is 9.22. The van der Waals surface area contributed by atoms with Crippen LogP contribution in [0.2, 0.25) is 0 Å². The number of halogens is 3. The molecular formula is C18H20F3N5O2S. The fourth-order valence-electron chi connectivity index (χ4n) is 3.04. The smallest absolute Gasteiger partial charge is 0.282 e. The Labute approximate surface area is 169 Å². The number of aromatic nitrogens is 2. The molecule has 7 nitrogen and oxygen atoms in total. The molecule has 3 rings (SSSR count). The molecule has 1 aromatic heterocycles. The third-order valence-corrected chi connectivity index (χ3v) is 4.78. The van der Waals surface area contributed by atoms with Crippen molar-refractivity contribution in [3.05, 3.63) is 45.2 Å². The molecule has 0 bridgehead atoms. The summed E-state index contributed by atoms with van der Waals surface area (Å²) in [5, 5.41) is 0. The summed E-state index contributed by atoms with van der Waals surface area (Å²) >= 11 is 5.26. The van der Waals surface area contributed by atoms with E-state index in [1.165, 1.54) is 36.3 Å². The third-order valence-electron chi connectivity index (χ3n) is 4.45. The zero-order valence-electron chi connectivity index (χ0n) is 15.6. The Morgan fingerprint density at radius 2 is 2.10 bits per heavy atom. The van der Waals surface area contributed by atoms with E-state index in [9.17, 15) is 18.0 Å². The van der Waals surface area contributed by atoms with E-state index >= 15 is 0 Å². The van der Waals surface area contributed by atoms with E-state index in [-0.39, 0.29) is 17.3 Å². The fraction of sp³-hybridized carbons (Fsp3) is 0.389. The molecule has 2 aromatic rings. The first-order valence-electron chi connectivity index (χ1n) is 8.81. The van der Waals surface area contributed by atoms with Crippen LogP contribution >= 0.6 is 12.2 Å². The van der Waals surface area contributed by atoms with Crippen LogP contribution in [-0.2, 0) is 6.54 Å². The summed E-state index contributed by atoms with van der Waals surface area (Å²) in [4.78, 5) is 19.9. The molecule has 11 heteroatoms. The Morgan fingerprint density at radius 1 is 1.38 bits per heavy atom. The fourth-order valence-corrected chi connectivity index (χ4v) is 3.33. The number of aliphatic imine (C=N–C) groups is 1. The van der Waals surface area contributed by atoms with Gasteiger partial charge in [-0.2, -0.15) is 0 Å². The van der Waals surface area contributed by atoms with Gasteiger partial charge in [0.15, 0.2) is 10.7 Å². The van der Waals surface area contributed by atoms with Gasteiger partial charge in [-0.25, -0.2) is 13.2 Å². The molecule has 156 valence electrons. The van der Waals surface area contributed by atoms with Crippen molar-refractivity contribution < 1.29 is 17.9 Å². The molecule has 0 radical (unpaired) electrons. The largest absolute Gasteiger partial charge is 0.496 e. The van der Waals surface area contributed by atoms with E-state index in [4.69, 9.17) is 22.7 Å². The minimum absolute atomic E-state index is 0.0630. The van der Waals surface area contributed by atoms with Crippen LogP contribution in [0.3, 0.4) is 0 Å². The van der Waals surface area contributed by atoms with Gasteiger partial charge in [-0.05, 0) is 36.8 Å². The molecule has 3 N–H and O–H groups in total. The molecule has 0 atom stereocenters. The highest BCUT2D eigenvalue weighted by Crippen LogP contribution is 2.30. The van der Waals surface area contributed by atoms with Gasteiger partial charge in [-0.3, -0.25) is 14.8 Å². The number of nitrogens with one attached hydrogen (secondary N) is 1. The summed E-state index contributed by atoms with van der Waals surface area (Å²) in [5.41, 5.74) is 6.07. The van der Waals surface area contributed by atoms with Gasteiger partial charge in [-0.1, -0.05) is 0 Å². The van der Waals surface area contributed by atoms with E-state index in [1.54, 1.807) is 4.57 Å².